The number of nitrogens with zero attached hydrogens (tertiary/aromatic N) is 1. The van der Waals surface area contributed by atoms with Gasteiger partial charge in [0.15, 0.2) is 0 Å². The normalized spacial score (nSPS) is 11.6. The van der Waals surface area contributed by atoms with Crippen LogP contribution in [-0.4, -0.2) is 4.57 Å². The Labute approximate surface area is 133 Å². The molecule has 0 atom stereocenters. The van der Waals surface area contributed by atoms with Crippen LogP contribution >= 0.6 is 0 Å². The van der Waals surface area contributed by atoms with E-state index in [2.05, 4.69) is 38.1 Å². The number of benzene rings is 1. The molecule has 116 valence electrons. The fraction of sp³-hybridized carbons (Fsp3) is 0.350. The lowest BCUT2D eigenvalue weighted by atomic mass is 10.0. The molecule has 1 aromatic carbocycles. The zero-order chi connectivity index (χ0) is 15.8. The summed E-state index contributed by atoms with van der Waals surface area (Å²) in [5.41, 5.74) is 3.58. The van der Waals surface area contributed by atoms with Gasteiger partial charge in [0.05, 0.1) is 6.54 Å². The molecular formula is C20H25NO. The van der Waals surface area contributed by atoms with Crippen LogP contribution in [0.15, 0.2) is 59.4 Å². The first-order valence-electron chi connectivity index (χ1n) is 8.19. The van der Waals surface area contributed by atoms with Gasteiger partial charge in [0.25, 0.3) is 5.56 Å². The van der Waals surface area contributed by atoms with Crippen LogP contribution < -0.4 is 5.56 Å². The zero-order valence-electron chi connectivity index (χ0n) is 13.6. The lowest BCUT2D eigenvalue weighted by Crippen LogP contribution is -2.22. The fourth-order valence-electron chi connectivity index (χ4n) is 2.65. The fourth-order valence-corrected chi connectivity index (χ4v) is 2.65. The highest BCUT2D eigenvalue weighted by atomic mass is 16.1. The standard InChI is InChI=1S/C20H25NO/c1-3-5-13-18(10-4-2)19-14-9-15-20(22)21(19)16-17-11-7-6-8-12-17/h6-9,11-15H,3-5,10,16H2,1-2H3/b18-13+. The van der Waals surface area contributed by atoms with Gasteiger partial charge in [-0.3, -0.25) is 4.79 Å². The summed E-state index contributed by atoms with van der Waals surface area (Å²) in [6, 6.07) is 15.8. The Morgan fingerprint density at radius 1 is 1.00 bits per heavy atom. The number of hydrogen-bond acceptors (Lipinski definition) is 1. The number of rotatable bonds is 7. The van der Waals surface area contributed by atoms with Crippen LogP contribution in [-0.2, 0) is 6.54 Å². The highest BCUT2D eigenvalue weighted by Gasteiger charge is 2.08. The third-order valence-corrected chi connectivity index (χ3v) is 3.76. The Bertz CT molecular complexity index is 668. The van der Waals surface area contributed by atoms with E-state index in [1.54, 1.807) is 6.07 Å². The maximum absolute atomic E-state index is 12.4. The van der Waals surface area contributed by atoms with Crippen molar-refractivity contribution in [2.75, 3.05) is 0 Å². The van der Waals surface area contributed by atoms with Crippen LogP contribution in [0.4, 0.5) is 0 Å². The third-order valence-electron chi connectivity index (χ3n) is 3.76. The van der Waals surface area contributed by atoms with E-state index >= 15 is 0 Å². The molecule has 2 heteroatoms. The van der Waals surface area contributed by atoms with Crippen molar-refractivity contribution in [1.82, 2.24) is 4.57 Å². The predicted molar refractivity (Wildman–Crippen MR) is 94.0 cm³/mol. The number of allylic oxidation sites excluding steroid dienone is 2. The minimum atomic E-state index is 0.0693. The highest BCUT2D eigenvalue weighted by molar-refractivity contribution is 5.63. The van der Waals surface area contributed by atoms with Gasteiger partial charge in [-0.2, -0.15) is 0 Å². The molecule has 0 N–H and O–H groups in total. The van der Waals surface area contributed by atoms with Crippen molar-refractivity contribution in [3.8, 4) is 0 Å². The van der Waals surface area contributed by atoms with Crippen molar-refractivity contribution in [1.29, 1.82) is 0 Å². The Kier molecular flexibility index (Phi) is 6.20. The Morgan fingerprint density at radius 2 is 1.77 bits per heavy atom. The third kappa shape index (κ3) is 4.20. The maximum atomic E-state index is 12.4. The molecule has 0 aliphatic carbocycles. The first kappa shape index (κ1) is 16.3. The van der Waals surface area contributed by atoms with Gasteiger partial charge >= 0.3 is 0 Å². The average molecular weight is 295 g/mol. The van der Waals surface area contributed by atoms with Gasteiger partial charge in [-0.1, -0.05) is 69.2 Å². The second-order valence-electron chi connectivity index (χ2n) is 5.59. The summed E-state index contributed by atoms with van der Waals surface area (Å²) in [5, 5.41) is 0. The topological polar surface area (TPSA) is 22.0 Å². The highest BCUT2D eigenvalue weighted by Crippen LogP contribution is 2.20. The first-order chi connectivity index (χ1) is 10.8. The molecule has 0 amide bonds. The van der Waals surface area contributed by atoms with E-state index in [4.69, 9.17) is 0 Å². The average Bonchev–Trinajstić information content (AvgIpc) is 2.54. The van der Waals surface area contributed by atoms with Crippen molar-refractivity contribution in [2.45, 2.75) is 46.1 Å². The molecule has 0 radical (unpaired) electrons. The van der Waals surface area contributed by atoms with Gasteiger partial charge in [0.1, 0.15) is 0 Å². The Hall–Kier alpha value is -2.09. The lowest BCUT2D eigenvalue weighted by Gasteiger charge is -2.15. The van der Waals surface area contributed by atoms with Crippen LogP contribution in [0.1, 0.15) is 50.8 Å². The van der Waals surface area contributed by atoms with E-state index < -0.39 is 0 Å². The molecule has 2 nitrogen and oxygen atoms in total. The number of hydrogen-bond donors (Lipinski definition) is 0. The lowest BCUT2D eigenvalue weighted by molar-refractivity contribution is 0.740. The molecule has 0 unspecified atom stereocenters. The van der Waals surface area contributed by atoms with E-state index in [1.165, 1.54) is 5.57 Å². The SMILES string of the molecule is CCC/C=C(\CCC)c1cccc(=O)n1Cc1ccccc1. The van der Waals surface area contributed by atoms with E-state index in [1.807, 2.05) is 28.8 Å². The van der Waals surface area contributed by atoms with Gasteiger partial charge in [0.2, 0.25) is 0 Å². The van der Waals surface area contributed by atoms with Crippen molar-refractivity contribution >= 4 is 5.57 Å². The molecule has 2 rings (SSSR count). The zero-order valence-corrected chi connectivity index (χ0v) is 13.6. The number of aromatic nitrogens is 1. The van der Waals surface area contributed by atoms with Crippen molar-refractivity contribution in [3.63, 3.8) is 0 Å². The van der Waals surface area contributed by atoms with Gasteiger partial charge in [-0.15, -0.1) is 0 Å². The summed E-state index contributed by atoms with van der Waals surface area (Å²) in [5.74, 6) is 0. The summed E-state index contributed by atoms with van der Waals surface area (Å²) in [6.45, 7) is 4.99. The molecule has 2 aromatic rings. The van der Waals surface area contributed by atoms with E-state index in [-0.39, 0.29) is 5.56 Å². The van der Waals surface area contributed by atoms with Crippen molar-refractivity contribution in [3.05, 3.63) is 76.2 Å². The molecule has 0 saturated carbocycles. The molecular weight excluding hydrogens is 270 g/mol. The van der Waals surface area contributed by atoms with Crippen LogP contribution in [0.5, 0.6) is 0 Å². The second-order valence-corrected chi connectivity index (χ2v) is 5.59. The van der Waals surface area contributed by atoms with Crippen LogP contribution in [0.25, 0.3) is 5.57 Å². The number of pyridine rings is 1. The van der Waals surface area contributed by atoms with Gasteiger partial charge < -0.3 is 4.57 Å². The molecule has 0 fully saturated rings. The summed E-state index contributed by atoms with van der Waals surface area (Å²) in [7, 11) is 0. The molecule has 0 saturated heterocycles. The van der Waals surface area contributed by atoms with Gasteiger partial charge in [0, 0.05) is 11.8 Å². The maximum Gasteiger partial charge on any atom is 0.251 e. The minimum absolute atomic E-state index is 0.0693. The molecule has 0 aliphatic rings. The molecule has 1 aromatic heterocycles. The summed E-state index contributed by atoms with van der Waals surface area (Å²) in [6.07, 6.45) is 6.58. The Morgan fingerprint density at radius 3 is 2.45 bits per heavy atom. The van der Waals surface area contributed by atoms with Crippen molar-refractivity contribution in [2.24, 2.45) is 0 Å². The summed E-state index contributed by atoms with van der Waals surface area (Å²) >= 11 is 0. The van der Waals surface area contributed by atoms with Gasteiger partial charge in [-0.05, 0) is 30.0 Å². The van der Waals surface area contributed by atoms with E-state index in [9.17, 15) is 4.79 Å². The van der Waals surface area contributed by atoms with Crippen molar-refractivity contribution < 1.29 is 0 Å². The molecule has 1 heterocycles. The van der Waals surface area contributed by atoms with E-state index in [0.29, 0.717) is 6.54 Å². The van der Waals surface area contributed by atoms with E-state index in [0.717, 1.165) is 36.9 Å². The predicted octanol–water partition coefficient (Wildman–Crippen LogP) is 4.88. The van der Waals surface area contributed by atoms with Crippen LogP contribution in [0, 0.1) is 0 Å². The first-order valence-corrected chi connectivity index (χ1v) is 8.19. The van der Waals surface area contributed by atoms with Crippen LogP contribution in [0.3, 0.4) is 0 Å². The van der Waals surface area contributed by atoms with Gasteiger partial charge in [-0.25, -0.2) is 0 Å². The monoisotopic (exact) mass is 295 g/mol. The minimum Gasteiger partial charge on any atom is -0.304 e. The van der Waals surface area contributed by atoms with Crippen LogP contribution in [0.2, 0.25) is 0 Å². The largest absolute Gasteiger partial charge is 0.304 e. The smallest absolute Gasteiger partial charge is 0.251 e. The number of unbranched alkanes of at least 4 members (excludes halogenated alkanes) is 1. The quantitative estimate of drug-likeness (QED) is 0.713. The summed E-state index contributed by atoms with van der Waals surface area (Å²) < 4.78 is 1.90. The Balaban J connectivity index is 2.42. The second kappa shape index (κ2) is 8.38. The molecule has 0 aliphatic heterocycles. The molecule has 0 spiro atoms. The molecule has 0 bridgehead atoms. The summed E-state index contributed by atoms with van der Waals surface area (Å²) in [4.78, 5) is 12.4. The molecule has 22 heavy (non-hydrogen) atoms.